The number of carbonyl (C=O) groups excluding carboxylic acids is 1. The van der Waals surface area contributed by atoms with E-state index in [1.54, 1.807) is 33.8 Å². The molecule has 2 N–H and O–H groups in total. The van der Waals surface area contributed by atoms with E-state index in [1.807, 2.05) is 0 Å². The van der Waals surface area contributed by atoms with E-state index in [0.29, 0.717) is 16.5 Å². The molecule has 102 valence electrons. The lowest BCUT2D eigenvalue weighted by atomic mass is 10.1. The van der Waals surface area contributed by atoms with Gasteiger partial charge in [0.15, 0.2) is 5.82 Å². The largest absolute Gasteiger partial charge is 0.442 e. The fourth-order valence-corrected chi connectivity index (χ4v) is 1.71. The molecule has 0 aliphatic heterocycles. The molecule has 6 heteroatoms. The molecular formula is C13H16FN3O2. The van der Waals surface area contributed by atoms with Crippen LogP contribution >= 0.6 is 0 Å². The van der Waals surface area contributed by atoms with Crippen LogP contribution in [0.25, 0.3) is 10.9 Å². The second-order valence-corrected chi connectivity index (χ2v) is 5.40. The minimum absolute atomic E-state index is 0.170. The van der Waals surface area contributed by atoms with E-state index in [1.165, 1.54) is 6.07 Å². The summed E-state index contributed by atoms with van der Waals surface area (Å²) in [5.41, 5.74) is 5.82. The summed E-state index contributed by atoms with van der Waals surface area (Å²) in [6, 6.07) is 2.80. The number of hydrogen-bond acceptors (Lipinski definition) is 4. The SMILES string of the molecule is Cc1cc2c(N)nn(C(=O)OC(C)(C)C)c2cc1F. The summed E-state index contributed by atoms with van der Waals surface area (Å²) in [4.78, 5) is 12.0. The van der Waals surface area contributed by atoms with Crippen LogP contribution in [0.15, 0.2) is 12.1 Å². The number of aromatic nitrogens is 2. The Balaban J connectivity index is 2.56. The first kappa shape index (κ1) is 13.3. The third kappa shape index (κ3) is 2.52. The van der Waals surface area contributed by atoms with Gasteiger partial charge in [0.05, 0.1) is 5.52 Å². The standard InChI is InChI=1S/C13H16FN3O2/c1-7-5-8-10(6-9(7)14)17(16-11(8)15)12(18)19-13(2,3)4/h5-6H,1-4H3,(H2,15,16). The number of nitrogen functional groups attached to an aromatic ring is 1. The van der Waals surface area contributed by atoms with Crippen LogP contribution in [0, 0.1) is 12.7 Å². The summed E-state index contributed by atoms with van der Waals surface area (Å²) >= 11 is 0. The topological polar surface area (TPSA) is 70.1 Å². The Hall–Kier alpha value is -2.11. The van der Waals surface area contributed by atoms with Crippen molar-refractivity contribution in [2.45, 2.75) is 33.3 Å². The second-order valence-electron chi connectivity index (χ2n) is 5.40. The maximum absolute atomic E-state index is 13.6. The lowest BCUT2D eigenvalue weighted by Gasteiger charge is -2.19. The molecule has 0 bridgehead atoms. The zero-order chi connectivity index (χ0) is 14.4. The molecule has 0 saturated heterocycles. The highest BCUT2D eigenvalue weighted by atomic mass is 19.1. The number of anilines is 1. The number of aryl methyl sites for hydroxylation is 1. The molecule has 0 saturated carbocycles. The van der Waals surface area contributed by atoms with Crippen LogP contribution in [0.1, 0.15) is 26.3 Å². The molecule has 1 aromatic carbocycles. The number of benzene rings is 1. The average Bonchev–Trinajstić information content (AvgIpc) is 2.55. The van der Waals surface area contributed by atoms with Crippen molar-refractivity contribution in [1.29, 1.82) is 0 Å². The summed E-state index contributed by atoms with van der Waals surface area (Å²) in [6.07, 6.45) is -0.683. The van der Waals surface area contributed by atoms with Crippen LogP contribution in [-0.4, -0.2) is 21.5 Å². The smallest absolute Gasteiger partial charge is 0.435 e. The van der Waals surface area contributed by atoms with Gasteiger partial charge >= 0.3 is 6.09 Å². The molecule has 0 aliphatic rings. The number of hydrogen-bond donors (Lipinski definition) is 1. The molecule has 19 heavy (non-hydrogen) atoms. The number of halogens is 1. The minimum Gasteiger partial charge on any atom is -0.442 e. The van der Waals surface area contributed by atoms with Crippen molar-refractivity contribution in [3.05, 3.63) is 23.5 Å². The van der Waals surface area contributed by atoms with Crippen molar-refractivity contribution in [3.63, 3.8) is 0 Å². The van der Waals surface area contributed by atoms with E-state index in [4.69, 9.17) is 10.5 Å². The van der Waals surface area contributed by atoms with Gasteiger partial charge in [-0.05, 0) is 39.3 Å². The zero-order valence-electron chi connectivity index (χ0n) is 11.3. The van der Waals surface area contributed by atoms with Gasteiger partial charge in [0.1, 0.15) is 11.4 Å². The molecule has 1 aromatic heterocycles. The first-order valence-corrected chi connectivity index (χ1v) is 5.87. The molecule has 0 unspecified atom stereocenters. The highest BCUT2D eigenvalue weighted by Crippen LogP contribution is 2.24. The van der Waals surface area contributed by atoms with Gasteiger partial charge in [0.2, 0.25) is 0 Å². The molecule has 1 heterocycles. The average molecular weight is 265 g/mol. The zero-order valence-corrected chi connectivity index (χ0v) is 11.3. The van der Waals surface area contributed by atoms with Crippen molar-refractivity contribution in [2.24, 2.45) is 0 Å². The van der Waals surface area contributed by atoms with Crippen molar-refractivity contribution in [1.82, 2.24) is 9.78 Å². The van der Waals surface area contributed by atoms with Crippen LogP contribution in [0.2, 0.25) is 0 Å². The Bertz CT molecular complexity index is 656. The van der Waals surface area contributed by atoms with E-state index in [-0.39, 0.29) is 5.82 Å². The molecule has 0 spiro atoms. The fourth-order valence-electron chi connectivity index (χ4n) is 1.71. The molecule has 0 aliphatic carbocycles. The summed E-state index contributed by atoms with van der Waals surface area (Å²) in [5, 5.41) is 4.44. The molecule has 0 atom stereocenters. The number of nitrogens with two attached hydrogens (primary N) is 1. The Morgan fingerprint density at radius 3 is 2.63 bits per heavy atom. The molecule has 0 radical (unpaired) electrons. The van der Waals surface area contributed by atoms with E-state index in [9.17, 15) is 9.18 Å². The highest BCUT2D eigenvalue weighted by molar-refractivity contribution is 5.95. The van der Waals surface area contributed by atoms with Crippen LogP contribution in [0.3, 0.4) is 0 Å². The summed E-state index contributed by atoms with van der Waals surface area (Å²) < 4.78 is 19.8. The van der Waals surface area contributed by atoms with Crippen molar-refractivity contribution in [2.75, 3.05) is 5.73 Å². The molecule has 2 aromatic rings. The minimum atomic E-state index is -0.683. The van der Waals surface area contributed by atoms with Crippen LogP contribution in [0.4, 0.5) is 15.0 Å². The molecule has 2 rings (SSSR count). The maximum atomic E-state index is 13.6. The maximum Gasteiger partial charge on any atom is 0.435 e. The van der Waals surface area contributed by atoms with Crippen molar-refractivity contribution >= 4 is 22.8 Å². The molecule has 0 amide bonds. The number of ether oxygens (including phenoxy) is 1. The number of fused-ring (bicyclic) bond motifs is 1. The lowest BCUT2D eigenvalue weighted by molar-refractivity contribution is 0.0523. The Morgan fingerprint density at radius 2 is 2.05 bits per heavy atom. The van der Waals surface area contributed by atoms with Gasteiger partial charge < -0.3 is 10.5 Å². The third-order valence-corrected chi connectivity index (χ3v) is 2.56. The van der Waals surface area contributed by atoms with E-state index < -0.39 is 17.5 Å². The second kappa shape index (κ2) is 4.22. The summed E-state index contributed by atoms with van der Waals surface area (Å²) in [5.74, 6) is -0.249. The fraction of sp³-hybridized carbons (Fsp3) is 0.385. The summed E-state index contributed by atoms with van der Waals surface area (Å²) in [6.45, 7) is 6.85. The van der Waals surface area contributed by atoms with Gasteiger partial charge in [-0.1, -0.05) is 0 Å². The normalized spacial score (nSPS) is 11.8. The lowest BCUT2D eigenvalue weighted by Crippen LogP contribution is -2.27. The quantitative estimate of drug-likeness (QED) is 0.795. The van der Waals surface area contributed by atoms with Gasteiger partial charge in [-0.3, -0.25) is 0 Å². The van der Waals surface area contributed by atoms with E-state index in [0.717, 1.165) is 4.68 Å². The number of carbonyl (C=O) groups is 1. The predicted octanol–water partition coefficient (Wildman–Crippen LogP) is 2.85. The van der Waals surface area contributed by atoms with E-state index >= 15 is 0 Å². The molecule has 0 fully saturated rings. The highest BCUT2D eigenvalue weighted by Gasteiger charge is 2.22. The first-order valence-electron chi connectivity index (χ1n) is 5.87. The van der Waals surface area contributed by atoms with Crippen molar-refractivity contribution < 1.29 is 13.9 Å². The molecule has 5 nitrogen and oxygen atoms in total. The number of rotatable bonds is 0. The first-order chi connectivity index (χ1) is 8.69. The third-order valence-electron chi connectivity index (χ3n) is 2.56. The van der Waals surface area contributed by atoms with Crippen LogP contribution < -0.4 is 5.73 Å². The van der Waals surface area contributed by atoms with Crippen molar-refractivity contribution in [3.8, 4) is 0 Å². The predicted molar refractivity (Wildman–Crippen MR) is 70.5 cm³/mol. The summed E-state index contributed by atoms with van der Waals surface area (Å²) in [7, 11) is 0. The Labute approximate surface area is 110 Å². The monoisotopic (exact) mass is 265 g/mol. The van der Waals surface area contributed by atoms with Gasteiger partial charge in [-0.2, -0.15) is 4.68 Å². The van der Waals surface area contributed by atoms with Gasteiger partial charge in [0.25, 0.3) is 0 Å². The van der Waals surface area contributed by atoms with Crippen LogP contribution in [0.5, 0.6) is 0 Å². The van der Waals surface area contributed by atoms with Gasteiger partial charge in [0, 0.05) is 11.5 Å². The Kier molecular flexibility index (Phi) is 2.96. The molecular weight excluding hydrogens is 249 g/mol. The number of nitrogens with zero attached hydrogens (tertiary/aromatic N) is 2. The van der Waals surface area contributed by atoms with Gasteiger partial charge in [-0.25, -0.2) is 9.18 Å². The van der Waals surface area contributed by atoms with E-state index in [2.05, 4.69) is 5.10 Å². The Morgan fingerprint density at radius 1 is 1.42 bits per heavy atom. The van der Waals surface area contributed by atoms with Gasteiger partial charge in [-0.15, -0.1) is 5.10 Å². The van der Waals surface area contributed by atoms with Crippen LogP contribution in [-0.2, 0) is 4.74 Å².